The van der Waals surface area contributed by atoms with E-state index in [1.165, 1.54) is 19.1 Å². The van der Waals surface area contributed by atoms with E-state index in [1.807, 2.05) is 0 Å². The second-order valence-electron chi connectivity index (χ2n) is 5.82. The van der Waals surface area contributed by atoms with Crippen LogP contribution in [0.3, 0.4) is 0 Å². The lowest BCUT2D eigenvalue weighted by Crippen LogP contribution is -2.44. The molecule has 0 aliphatic rings. The summed E-state index contributed by atoms with van der Waals surface area (Å²) in [6, 6.07) is 3.31. The summed E-state index contributed by atoms with van der Waals surface area (Å²) in [5.41, 5.74) is 0.464. The highest BCUT2D eigenvalue weighted by Gasteiger charge is 2.21. The number of benzene rings is 1. The van der Waals surface area contributed by atoms with E-state index >= 15 is 0 Å². The van der Waals surface area contributed by atoms with Crippen molar-refractivity contribution in [3.05, 3.63) is 29.6 Å². The van der Waals surface area contributed by atoms with Crippen LogP contribution in [0.1, 0.15) is 33.3 Å². The van der Waals surface area contributed by atoms with Crippen molar-refractivity contribution in [3.63, 3.8) is 0 Å². The zero-order valence-electron chi connectivity index (χ0n) is 12.9. The van der Waals surface area contributed by atoms with Crippen LogP contribution in [0.5, 0.6) is 0 Å². The van der Waals surface area contributed by atoms with Gasteiger partial charge in [-0.3, -0.25) is 4.79 Å². The Morgan fingerprint density at radius 2 is 1.90 bits per heavy atom. The van der Waals surface area contributed by atoms with Crippen molar-refractivity contribution in [2.45, 2.75) is 46.3 Å². The molecular weight excluding hydrogens is 275 g/mol. The molecule has 1 aromatic carbocycles. The molecule has 0 radical (unpaired) electrons. The smallest absolute Gasteiger partial charge is 0.408 e. The maximum absolute atomic E-state index is 13.2. The van der Waals surface area contributed by atoms with Gasteiger partial charge in [-0.25, -0.2) is 9.18 Å². The number of hydrogen-bond acceptors (Lipinski definition) is 3. The summed E-state index contributed by atoms with van der Waals surface area (Å²) in [4.78, 5) is 23.5. The number of carbonyl (C=O) groups excluding carboxylic acids is 2. The van der Waals surface area contributed by atoms with E-state index in [-0.39, 0.29) is 0 Å². The minimum atomic E-state index is -0.803. The number of hydrogen-bond donors (Lipinski definition) is 2. The first-order valence-electron chi connectivity index (χ1n) is 6.65. The van der Waals surface area contributed by atoms with Crippen molar-refractivity contribution < 1.29 is 18.7 Å². The van der Waals surface area contributed by atoms with E-state index < -0.39 is 29.5 Å². The van der Waals surface area contributed by atoms with Crippen LogP contribution in [0.15, 0.2) is 18.2 Å². The monoisotopic (exact) mass is 296 g/mol. The lowest BCUT2D eigenvalue weighted by molar-refractivity contribution is -0.117. The molecule has 0 aromatic heterocycles. The quantitative estimate of drug-likeness (QED) is 0.901. The Labute approximate surface area is 123 Å². The summed E-state index contributed by atoms with van der Waals surface area (Å²) in [6.45, 7) is 8.46. The molecule has 0 fully saturated rings. The van der Waals surface area contributed by atoms with Crippen molar-refractivity contribution >= 4 is 17.7 Å². The Hall–Kier alpha value is -2.11. The normalized spacial score (nSPS) is 12.5. The highest BCUT2D eigenvalue weighted by Crippen LogP contribution is 2.16. The third kappa shape index (κ3) is 5.81. The van der Waals surface area contributed by atoms with Gasteiger partial charge < -0.3 is 15.4 Å². The molecular formula is C15H21FN2O3. The van der Waals surface area contributed by atoms with Crippen LogP contribution < -0.4 is 10.6 Å². The fourth-order valence-corrected chi connectivity index (χ4v) is 1.52. The van der Waals surface area contributed by atoms with Crippen LogP contribution in [0, 0.1) is 12.7 Å². The fourth-order valence-electron chi connectivity index (χ4n) is 1.52. The predicted octanol–water partition coefficient (Wildman–Crippen LogP) is 2.99. The number of amides is 2. The van der Waals surface area contributed by atoms with Crippen molar-refractivity contribution in [1.82, 2.24) is 5.32 Å². The van der Waals surface area contributed by atoms with Crippen LogP contribution in [0.4, 0.5) is 14.9 Å². The maximum atomic E-state index is 13.2. The van der Waals surface area contributed by atoms with Crippen molar-refractivity contribution in [2.75, 3.05) is 5.32 Å². The third-order valence-corrected chi connectivity index (χ3v) is 2.58. The van der Waals surface area contributed by atoms with Crippen LogP contribution >= 0.6 is 0 Å². The minimum absolute atomic E-state index is 0.373. The van der Waals surface area contributed by atoms with Gasteiger partial charge in [0.05, 0.1) is 0 Å². The molecule has 116 valence electrons. The van der Waals surface area contributed by atoms with Crippen molar-refractivity contribution in [3.8, 4) is 0 Å². The molecule has 0 aliphatic heterocycles. The van der Waals surface area contributed by atoms with Crippen LogP contribution in [-0.2, 0) is 9.53 Å². The first-order chi connectivity index (χ1) is 9.58. The Balaban J connectivity index is 2.63. The van der Waals surface area contributed by atoms with E-state index in [2.05, 4.69) is 10.6 Å². The number of halogens is 1. The zero-order chi connectivity index (χ0) is 16.2. The second kappa shape index (κ2) is 6.56. The summed E-state index contributed by atoms with van der Waals surface area (Å²) in [6.07, 6.45) is -0.680. The minimum Gasteiger partial charge on any atom is -0.444 e. The first-order valence-corrected chi connectivity index (χ1v) is 6.65. The van der Waals surface area contributed by atoms with E-state index in [1.54, 1.807) is 33.8 Å². The number of alkyl carbamates (subject to hydrolysis) is 1. The second-order valence-corrected chi connectivity index (χ2v) is 5.82. The summed E-state index contributed by atoms with van der Waals surface area (Å²) >= 11 is 0. The Morgan fingerprint density at radius 3 is 2.48 bits per heavy atom. The number of aryl methyl sites for hydroxylation is 1. The van der Waals surface area contributed by atoms with Gasteiger partial charge in [-0.2, -0.15) is 0 Å². The van der Waals surface area contributed by atoms with Crippen molar-refractivity contribution in [2.24, 2.45) is 0 Å². The van der Waals surface area contributed by atoms with E-state index in [9.17, 15) is 14.0 Å². The summed E-state index contributed by atoms with van der Waals surface area (Å²) in [5, 5.41) is 4.99. The molecule has 2 amide bonds. The van der Waals surface area contributed by atoms with Gasteiger partial charge in [0.15, 0.2) is 0 Å². The summed E-state index contributed by atoms with van der Waals surface area (Å²) in [7, 11) is 0. The highest BCUT2D eigenvalue weighted by atomic mass is 19.1. The molecule has 2 N–H and O–H groups in total. The van der Waals surface area contributed by atoms with Gasteiger partial charge >= 0.3 is 6.09 Å². The largest absolute Gasteiger partial charge is 0.444 e. The number of nitrogens with one attached hydrogen (secondary N) is 2. The predicted molar refractivity (Wildman–Crippen MR) is 78.6 cm³/mol. The lowest BCUT2D eigenvalue weighted by Gasteiger charge is -2.21. The maximum Gasteiger partial charge on any atom is 0.408 e. The van der Waals surface area contributed by atoms with Gasteiger partial charge in [0.25, 0.3) is 0 Å². The molecule has 0 unspecified atom stereocenters. The molecule has 5 nitrogen and oxygen atoms in total. The van der Waals surface area contributed by atoms with Gasteiger partial charge in [-0.1, -0.05) is 6.07 Å². The Morgan fingerprint density at radius 1 is 1.29 bits per heavy atom. The molecule has 0 heterocycles. The molecule has 0 bridgehead atoms. The Kier molecular flexibility index (Phi) is 5.29. The van der Waals surface area contributed by atoms with Gasteiger partial charge in [-0.05, 0) is 52.3 Å². The van der Waals surface area contributed by atoms with Crippen LogP contribution in [-0.4, -0.2) is 23.6 Å². The topological polar surface area (TPSA) is 67.4 Å². The van der Waals surface area contributed by atoms with Gasteiger partial charge in [0, 0.05) is 5.69 Å². The molecule has 0 saturated heterocycles. The number of ether oxygens (including phenoxy) is 1. The third-order valence-electron chi connectivity index (χ3n) is 2.58. The average molecular weight is 296 g/mol. The zero-order valence-corrected chi connectivity index (χ0v) is 12.9. The van der Waals surface area contributed by atoms with Gasteiger partial charge in [-0.15, -0.1) is 0 Å². The fraction of sp³-hybridized carbons (Fsp3) is 0.467. The molecule has 0 aliphatic carbocycles. The van der Waals surface area contributed by atoms with E-state index in [4.69, 9.17) is 4.74 Å². The van der Waals surface area contributed by atoms with Crippen LogP contribution in [0.2, 0.25) is 0 Å². The Bertz CT molecular complexity index is 538. The molecule has 1 rings (SSSR count). The summed E-state index contributed by atoms with van der Waals surface area (Å²) in [5.74, 6) is -0.891. The molecule has 0 saturated carbocycles. The molecule has 6 heteroatoms. The number of anilines is 1. The standard InChI is InChI=1S/C15H21FN2O3/c1-9-6-7-11(16)8-12(9)18-13(19)10(2)17-14(20)21-15(3,4)5/h6-8,10H,1-5H3,(H,17,20)(H,18,19)/t10-/m0/s1. The molecule has 21 heavy (non-hydrogen) atoms. The van der Waals surface area contributed by atoms with Gasteiger partial charge in [0.1, 0.15) is 17.5 Å². The SMILES string of the molecule is Cc1ccc(F)cc1NC(=O)[C@H](C)NC(=O)OC(C)(C)C. The van der Waals surface area contributed by atoms with Crippen molar-refractivity contribution in [1.29, 1.82) is 0 Å². The molecule has 1 atom stereocenters. The number of carbonyl (C=O) groups is 2. The average Bonchev–Trinajstić information content (AvgIpc) is 2.31. The molecule has 1 aromatic rings. The first kappa shape index (κ1) is 16.9. The molecule has 0 spiro atoms. The summed E-state index contributed by atoms with van der Waals surface area (Å²) < 4.78 is 18.2. The highest BCUT2D eigenvalue weighted by molar-refractivity contribution is 5.96. The lowest BCUT2D eigenvalue weighted by atomic mass is 10.2. The van der Waals surface area contributed by atoms with Crippen LogP contribution in [0.25, 0.3) is 0 Å². The number of rotatable bonds is 3. The van der Waals surface area contributed by atoms with E-state index in [0.29, 0.717) is 5.69 Å². The van der Waals surface area contributed by atoms with E-state index in [0.717, 1.165) is 5.56 Å². The van der Waals surface area contributed by atoms with Gasteiger partial charge in [0.2, 0.25) is 5.91 Å².